The molecule has 0 unspecified atom stereocenters. The van der Waals surface area contributed by atoms with Crippen molar-refractivity contribution < 1.29 is 4.79 Å². The van der Waals surface area contributed by atoms with Crippen LogP contribution in [0.5, 0.6) is 0 Å². The maximum Gasteiger partial charge on any atom is 0.321 e. The van der Waals surface area contributed by atoms with Gasteiger partial charge in [-0.2, -0.15) is 10.2 Å². The predicted octanol–water partition coefficient (Wildman–Crippen LogP) is 2.64. The first-order valence-corrected chi connectivity index (χ1v) is 8.63. The van der Waals surface area contributed by atoms with Gasteiger partial charge in [0.2, 0.25) is 0 Å². The van der Waals surface area contributed by atoms with Gasteiger partial charge in [0, 0.05) is 30.6 Å². The maximum absolute atomic E-state index is 12.8. The Morgan fingerprint density at radius 1 is 1.21 bits per heavy atom. The highest BCUT2D eigenvalue weighted by atomic mass is 16.2. The van der Waals surface area contributed by atoms with E-state index in [9.17, 15) is 4.79 Å². The van der Waals surface area contributed by atoms with E-state index in [0.29, 0.717) is 12.1 Å². The zero-order chi connectivity index (χ0) is 16.7. The Hall–Kier alpha value is -2.21. The summed E-state index contributed by atoms with van der Waals surface area (Å²) in [5.74, 6) is 0. The molecule has 2 saturated heterocycles. The lowest BCUT2D eigenvalue weighted by Crippen LogP contribution is -2.41. The maximum atomic E-state index is 12.8. The van der Waals surface area contributed by atoms with Crippen molar-refractivity contribution in [3.8, 4) is 0 Å². The number of carbonyl (C=O) groups is 1. The first-order valence-electron chi connectivity index (χ1n) is 8.63. The number of amides is 2. The fourth-order valence-corrected chi connectivity index (χ4v) is 3.96. The van der Waals surface area contributed by atoms with Crippen LogP contribution in [0.4, 0.5) is 10.5 Å². The zero-order valence-electron chi connectivity index (χ0n) is 14.2. The second-order valence-electron chi connectivity index (χ2n) is 6.94. The van der Waals surface area contributed by atoms with Gasteiger partial charge in [0.25, 0.3) is 0 Å². The molecule has 0 aliphatic carbocycles. The van der Waals surface area contributed by atoms with E-state index in [1.54, 1.807) is 0 Å². The lowest BCUT2D eigenvalue weighted by Gasteiger charge is -2.26. The number of likely N-dealkylation sites (tertiary alicyclic amines) is 1. The minimum atomic E-state index is -0.0158. The lowest BCUT2D eigenvalue weighted by atomic mass is 10.1. The summed E-state index contributed by atoms with van der Waals surface area (Å²) in [7, 11) is 2.19. The van der Waals surface area contributed by atoms with Gasteiger partial charge in [0.15, 0.2) is 0 Å². The Bertz CT molecular complexity index is 777. The van der Waals surface area contributed by atoms with Crippen molar-refractivity contribution in [2.45, 2.75) is 38.3 Å². The molecule has 2 amide bonds. The van der Waals surface area contributed by atoms with Crippen molar-refractivity contribution in [2.75, 3.05) is 25.5 Å². The van der Waals surface area contributed by atoms with Gasteiger partial charge in [-0.15, -0.1) is 0 Å². The fraction of sp³-hybridized carbons (Fsp3) is 0.500. The molecule has 0 spiro atoms. The Balaban J connectivity index is 1.55. The summed E-state index contributed by atoms with van der Waals surface area (Å²) in [6.45, 7) is 3.54. The second-order valence-corrected chi connectivity index (χ2v) is 6.94. The zero-order valence-corrected chi connectivity index (χ0v) is 14.2. The number of benzene rings is 1. The molecular formula is C18H23N5O. The average molecular weight is 325 g/mol. The van der Waals surface area contributed by atoms with Crippen LogP contribution in [-0.2, 0) is 0 Å². The molecule has 24 heavy (non-hydrogen) atoms. The van der Waals surface area contributed by atoms with Gasteiger partial charge in [-0.05, 0) is 51.4 Å². The van der Waals surface area contributed by atoms with Crippen LogP contribution in [-0.4, -0.2) is 58.2 Å². The molecule has 1 aromatic carbocycles. The highest BCUT2D eigenvalue weighted by molar-refractivity contribution is 6.00. The Kier molecular flexibility index (Phi) is 3.84. The second kappa shape index (κ2) is 6.02. The van der Waals surface area contributed by atoms with Gasteiger partial charge in [-0.25, -0.2) is 4.79 Å². The number of rotatable bonds is 1. The number of likely N-dealkylation sites (N-methyl/N-ethyl adjacent to an activating group) is 1. The summed E-state index contributed by atoms with van der Waals surface area (Å²) in [5.41, 5.74) is 2.45. The van der Waals surface area contributed by atoms with E-state index in [-0.39, 0.29) is 6.03 Å². The summed E-state index contributed by atoms with van der Waals surface area (Å²) in [4.78, 5) is 17.2. The van der Waals surface area contributed by atoms with E-state index in [1.807, 2.05) is 36.1 Å². The average Bonchev–Trinajstić information content (AvgIpc) is 2.80. The number of nitrogens with one attached hydrogen (secondary N) is 1. The minimum absolute atomic E-state index is 0.0158. The van der Waals surface area contributed by atoms with E-state index in [2.05, 4.69) is 27.5 Å². The smallest absolute Gasteiger partial charge is 0.321 e. The summed E-state index contributed by atoms with van der Waals surface area (Å²) < 4.78 is 0. The molecule has 2 aliphatic rings. The number of aromatic nitrogens is 2. The third kappa shape index (κ3) is 2.71. The van der Waals surface area contributed by atoms with Gasteiger partial charge in [0.05, 0.1) is 16.9 Å². The molecule has 2 aromatic rings. The van der Waals surface area contributed by atoms with Crippen LogP contribution in [0.3, 0.4) is 0 Å². The van der Waals surface area contributed by atoms with Crippen LogP contribution >= 0.6 is 0 Å². The van der Waals surface area contributed by atoms with E-state index >= 15 is 0 Å². The monoisotopic (exact) mass is 325 g/mol. The van der Waals surface area contributed by atoms with Crippen LogP contribution in [0.25, 0.3) is 10.9 Å². The Morgan fingerprint density at radius 3 is 2.92 bits per heavy atom. The van der Waals surface area contributed by atoms with Gasteiger partial charge in [-0.1, -0.05) is 6.07 Å². The topological polar surface area (TPSA) is 61.4 Å². The number of hydrogen-bond donors (Lipinski definition) is 1. The standard InChI is InChI=1S/C18H23N5O/c1-12-10-15-16(4-3-5-17(15)21-20-12)19-18(24)23-9-8-13-6-7-14(11-23)22(13)2/h3-5,10,13-14H,6-9,11H2,1-2H3,(H,19,24)/t13-,14+/m0/s1. The molecule has 1 aromatic heterocycles. The quantitative estimate of drug-likeness (QED) is 0.875. The largest absolute Gasteiger partial charge is 0.323 e. The van der Waals surface area contributed by atoms with Crippen molar-refractivity contribution in [1.82, 2.24) is 20.0 Å². The van der Waals surface area contributed by atoms with Gasteiger partial charge < -0.3 is 10.2 Å². The van der Waals surface area contributed by atoms with Crippen LogP contribution in [0.1, 0.15) is 25.0 Å². The number of urea groups is 1. The normalized spacial score (nSPS) is 24.2. The number of nitrogens with zero attached hydrogens (tertiary/aromatic N) is 4. The summed E-state index contributed by atoms with van der Waals surface area (Å²) in [6.07, 6.45) is 3.51. The number of carbonyl (C=O) groups excluding carboxylic acids is 1. The molecule has 4 rings (SSSR count). The molecule has 1 N–H and O–H groups in total. The molecule has 6 heteroatoms. The van der Waals surface area contributed by atoms with Crippen LogP contribution in [0.15, 0.2) is 24.3 Å². The first kappa shape index (κ1) is 15.3. The number of anilines is 1. The van der Waals surface area contributed by atoms with E-state index in [1.165, 1.54) is 12.8 Å². The molecular weight excluding hydrogens is 302 g/mol. The van der Waals surface area contributed by atoms with Crippen molar-refractivity contribution in [1.29, 1.82) is 0 Å². The summed E-state index contributed by atoms with van der Waals surface area (Å²) >= 11 is 0. The van der Waals surface area contributed by atoms with Gasteiger partial charge in [0.1, 0.15) is 0 Å². The third-order valence-electron chi connectivity index (χ3n) is 5.43. The van der Waals surface area contributed by atoms with Crippen molar-refractivity contribution in [3.63, 3.8) is 0 Å². The third-order valence-corrected chi connectivity index (χ3v) is 5.43. The lowest BCUT2D eigenvalue weighted by molar-refractivity contribution is 0.200. The predicted molar refractivity (Wildman–Crippen MR) is 94.1 cm³/mol. The molecule has 3 heterocycles. The highest BCUT2D eigenvalue weighted by Crippen LogP contribution is 2.29. The van der Waals surface area contributed by atoms with Gasteiger partial charge >= 0.3 is 6.03 Å². The van der Waals surface area contributed by atoms with Gasteiger partial charge in [-0.3, -0.25) is 4.90 Å². The Morgan fingerprint density at radius 2 is 2.04 bits per heavy atom. The molecule has 0 radical (unpaired) electrons. The SMILES string of the molecule is Cc1cc2c(NC(=O)N3CC[C@@H]4CC[C@H](C3)N4C)cccc2nn1. The first-order chi connectivity index (χ1) is 11.6. The van der Waals surface area contributed by atoms with Crippen LogP contribution in [0, 0.1) is 6.92 Å². The van der Waals surface area contributed by atoms with Crippen molar-refractivity contribution in [2.24, 2.45) is 0 Å². The molecule has 2 fully saturated rings. The minimum Gasteiger partial charge on any atom is -0.323 e. The molecule has 6 nitrogen and oxygen atoms in total. The van der Waals surface area contributed by atoms with E-state index < -0.39 is 0 Å². The summed E-state index contributed by atoms with van der Waals surface area (Å²) in [6, 6.07) is 8.82. The number of hydrogen-bond acceptors (Lipinski definition) is 4. The van der Waals surface area contributed by atoms with Crippen molar-refractivity contribution in [3.05, 3.63) is 30.0 Å². The van der Waals surface area contributed by atoms with Crippen LogP contribution < -0.4 is 5.32 Å². The highest BCUT2D eigenvalue weighted by Gasteiger charge is 2.36. The molecule has 2 bridgehead atoms. The Labute approximate surface area is 141 Å². The molecule has 126 valence electrons. The molecule has 0 saturated carbocycles. The van der Waals surface area contributed by atoms with E-state index in [4.69, 9.17) is 0 Å². The molecule has 2 atom stereocenters. The number of aryl methyl sites for hydroxylation is 1. The summed E-state index contributed by atoms with van der Waals surface area (Å²) in [5, 5.41) is 12.3. The van der Waals surface area contributed by atoms with Crippen molar-refractivity contribution >= 4 is 22.6 Å². The van der Waals surface area contributed by atoms with Crippen LogP contribution in [0.2, 0.25) is 0 Å². The molecule has 2 aliphatic heterocycles. The number of fused-ring (bicyclic) bond motifs is 3. The fourth-order valence-electron chi connectivity index (χ4n) is 3.96. The van der Waals surface area contributed by atoms with E-state index in [0.717, 1.165) is 41.8 Å².